The third kappa shape index (κ3) is 3.46. The second-order valence-electron chi connectivity index (χ2n) is 4.57. The van der Waals surface area contributed by atoms with Gasteiger partial charge in [-0.05, 0) is 31.0 Å². The summed E-state index contributed by atoms with van der Waals surface area (Å²) in [7, 11) is 1.79. The Balaban J connectivity index is 1.97. The van der Waals surface area contributed by atoms with E-state index in [0.29, 0.717) is 12.7 Å². The second kappa shape index (κ2) is 6.55. The number of nitrogens with zero attached hydrogens (tertiary/aromatic N) is 1. The van der Waals surface area contributed by atoms with E-state index in [0.717, 1.165) is 36.3 Å². The minimum atomic E-state index is 0.395. The largest absolute Gasteiger partial charge is 0.494 e. The lowest BCUT2D eigenvalue weighted by molar-refractivity contribution is 0.107. The molecule has 1 aromatic carbocycles. The number of rotatable bonds is 5. The maximum atomic E-state index is 5.48. The number of hydrogen-bond acceptors (Lipinski definition) is 3. The summed E-state index contributed by atoms with van der Waals surface area (Å²) in [6.45, 7) is 5.80. The Morgan fingerprint density at radius 3 is 2.89 bits per heavy atom. The third-order valence-electron chi connectivity index (χ3n) is 3.29. The molecule has 1 heterocycles. The van der Waals surface area contributed by atoms with E-state index in [1.165, 1.54) is 5.56 Å². The quantitative estimate of drug-likeness (QED) is 0.834. The molecule has 1 saturated heterocycles. The van der Waals surface area contributed by atoms with Crippen LogP contribution in [-0.4, -0.2) is 37.8 Å². The zero-order valence-corrected chi connectivity index (χ0v) is 12.6. The predicted molar refractivity (Wildman–Crippen MR) is 76.0 cm³/mol. The van der Waals surface area contributed by atoms with Gasteiger partial charge in [-0.25, -0.2) is 0 Å². The summed E-state index contributed by atoms with van der Waals surface area (Å²) in [4.78, 5) is 2.43. The SMILES string of the molecule is CCOc1ccc(CN2CCC(OC)C2)c(Br)c1. The van der Waals surface area contributed by atoms with Crippen LogP contribution in [0.3, 0.4) is 0 Å². The lowest BCUT2D eigenvalue weighted by Crippen LogP contribution is -2.22. The number of hydrogen-bond donors (Lipinski definition) is 0. The van der Waals surface area contributed by atoms with E-state index in [-0.39, 0.29) is 0 Å². The van der Waals surface area contributed by atoms with E-state index >= 15 is 0 Å². The van der Waals surface area contributed by atoms with Gasteiger partial charge in [0.2, 0.25) is 0 Å². The average Bonchev–Trinajstić information content (AvgIpc) is 2.81. The topological polar surface area (TPSA) is 21.7 Å². The summed E-state index contributed by atoms with van der Waals surface area (Å²) in [5, 5.41) is 0. The molecule has 100 valence electrons. The third-order valence-corrected chi connectivity index (χ3v) is 4.03. The first-order valence-corrected chi connectivity index (χ1v) is 7.18. The molecule has 0 N–H and O–H groups in total. The molecule has 0 aliphatic carbocycles. The molecule has 4 heteroatoms. The molecule has 1 unspecified atom stereocenters. The Labute approximate surface area is 117 Å². The van der Waals surface area contributed by atoms with Crippen LogP contribution in [0, 0.1) is 0 Å². The molecule has 0 bridgehead atoms. The van der Waals surface area contributed by atoms with E-state index in [1.807, 2.05) is 19.1 Å². The predicted octanol–water partition coefficient (Wildman–Crippen LogP) is 3.07. The van der Waals surface area contributed by atoms with Crippen LogP contribution in [-0.2, 0) is 11.3 Å². The van der Waals surface area contributed by atoms with Crippen molar-refractivity contribution >= 4 is 15.9 Å². The van der Waals surface area contributed by atoms with Gasteiger partial charge in [-0.2, -0.15) is 0 Å². The fourth-order valence-corrected chi connectivity index (χ4v) is 2.77. The minimum absolute atomic E-state index is 0.395. The molecular formula is C14H20BrNO2. The number of likely N-dealkylation sites (tertiary alicyclic amines) is 1. The molecule has 1 atom stereocenters. The van der Waals surface area contributed by atoms with Crippen LogP contribution in [0.1, 0.15) is 18.9 Å². The van der Waals surface area contributed by atoms with Crippen molar-refractivity contribution in [3.05, 3.63) is 28.2 Å². The molecule has 0 saturated carbocycles. The monoisotopic (exact) mass is 313 g/mol. The molecule has 1 aromatic rings. The van der Waals surface area contributed by atoms with Crippen molar-refractivity contribution in [2.75, 3.05) is 26.8 Å². The van der Waals surface area contributed by atoms with Crippen LogP contribution in [0.5, 0.6) is 5.75 Å². The lowest BCUT2D eigenvalue weighted by atomic mass is 10.2. The zero-order valence-electron chi connectivity index (χ0n) is 11.0. The highest BCUT2D eigenvalue weighted by Crippen LogP contribution is 2.25. The number of halogens is 1. The molecule has 1 aliphatic heterocycles. The molecule has 3 nitrogen and oxygen atoms in total. The molecule has 18 heavy (non-hydrogen) atoms. The van der Waals surface area contributed by atoms with E-state index < -0.39 is 0 Å². The molecule has 1 aliphatic rings. The van der Waals surface area contributed by atoms with Crippen LogP contribution < -0.4 is 4.74 Å². The second-order valence-corrected chi connectivity index (χ2v) is 5.42. The zero-order chi connectivity index (χ0) is 13.0. The highest BCUT2D eigenvalue weighted by Gasteiger charge is 2.22. The van der Waals surface area contributed by atoms with Gasteiger partial charge in [0.25, 0.3) is 0 Å². The van der Waals surface area contributed by atoms with E-state index in [4.69, 9.17) is 9.47 Å². The fourth-order valence-electron chi connectivity index (χ4n) is 2.29. The first-order valence-electron chi connectivity index (χ1n) is 6.39. The summed E-state index contributed by atoms with van der Waals surface area (Å²) in [5.74, 6) is 0.921. The van der Waals surface area contributed by atoms with Gasteiger partial charge in [0, 0.05) is 31.2 Å². The molecule has 1 fully saturated rings. The Morgan fingerprint density at radius 2 is 2.28 bits per heavy atom. The Kier molecular flexibility index (Phi) is 5.03. The number of methoxy groups -OCH3 is 1. The average molecular weight is 314 g/mol. The van der Waals surface area contributed by atoms with Gasteiger partial charge >= 0.3 is 0 Å². The van der Waals surface area contributed by atoms with Crippen LogP contribution in [0.25, 0.3) is 0 Å². The minimum Gasteiger partial charge on any atom is -0.494 e. The summed E-state index contributed by atoms with van der Waals surface area (Å²) < 4.78 is 12.0. The maximum absolute atomic E-state index is 5.48. The molecular weight excluding hydrogens is 294 g/mol. The Bertz CT molecular complexity index is 397. The summed E-state index contributed by atoms with van der Waals surface area (Å²) >= 11 is 3.62. The molecule has 0 aromatic heterocycles. The van der Waals surface area contributed by atoms with Crippen molar-refractivity contribution in [2.45, 2.75) is 26.0 Å². The van der Waals surface area contributed by atoms with E-state index in [1.54, 1.807) is 7.11 Å². The first-order chi connectivity index (χ1) is 8.72. The smallest absolute Gasteiger partial charge is 0.120 e. The highest BCUT2D eigenvalue weighted by molar-refractivity contribution is 9.10. The summed E-state index contributed by atoms with van der Waals surface area (Å²) in [5.41, 5.74) is 1.30. The van der Waals surface area contributed by atoms with Crippen molar-refractivity contribution < 1.29 is 9.47 Å². The maximum Gasteiger partial charge on any atom is 0.120 e. The Hall–Kier alpha value is -0.580. The summed E-state index contributed by atoms with van der Waals surface area (Å²) in [6, 6.07) is 6.21. The van der Waals surface area contributed by atoms with Gasteiger partial charge in [-0.3, -0.25) is 4.90 Å². The van der Waals surface area contributed by atoms with Crippen molar-refractivity contribution in [3.8, 4) is 5.75 Å². The number of benzene rings is 1. The van der Waals surface area contributed by atoms with Crippen LogP contribution in [0.15, 0.2) is 22.7 Å². The van der Waals surface area contributed by atoms with Crippen LogP contribution >= 0.6 is 15.9 Å². The molecule has 0 amide bonds. The van der Waals surface area contributed by atoms with Gasteiger partial charge in [0.1, 0.15) is 5.75 Å². The number of ether oxygens (including phenoxy) is 2. The van der Waals surface area contributed by atoms with Gasteiger partial charge in [0.05, 0.1) is 12.7 Å². The highest BCUT2D eigenvalue weighted by atomic mass is 79.9. The van der Waals surface area contributed by atoms with E-state index in [9.17, 15) is 0 Å². The van der Waals surface area contributed by atoms with Crippen molar-refractivity contribution in [1.29, 1.82) is 0 Å². The van der Waals surface area contributed by atoms with Crippen molar-refractivity contribution in [3.63, 3.8) is 0 Å². The fraction of sp³-hybridized carbons (Fsp3) is 0.571. The normalized spacial score (nSPS) is 20.3. The summed E-state index contributed by atoms with van der Waals surface area (Å²) in [6.07, 6.45) is 1.52. The molecule has 0 spiro atoms. The first kappa shape index (κ1) is 13.8. The van der Waals surface area contributed by atoms with Gasteiger partial charge in [-0.15, -0.1) is 0 Å². The van der Waals surface area contributed by atoms with Crippen molar-refractivity contribution in [2.24, 2.45) is 0 Å². The lowest BCUT2D eigenvalue weighted by Gasteiger charge is -2.17. The van der Waals surface area contributed by atoms with Gasteiger partial charge in [-0.1, -0.05) is 22.0 Å². The van der Waals surface area contributed by atoms with Crippen molar-refractivity contribution in [1.82, 2.24) is 4.90 Å². The molecule has 2 rings (SSSR count). The van der Waals surface area contributed by atoms with E-state index in [2.05, 4.69) is 26.9 Å². The Morgan fingerprint density at radius 1 is 1.44 bits per heavy atom. The standard InChI is InChI=1S/C14H20BrNO2/c1-3-18-12-5-4-11(14(15)8-12)9-16-7-6-13(10-16)17-2/h4-5,8,13H,3,6-7,9-10H2,1-2H3. The van der Waals surface area contributed by atoms with Crippen LogP contribution in [0.2, 0.25) is 0 Å². The molecule has 0 radical (unpaired) electrons. The van der Waals surface area contributed by atoms with Gasteiger partial charge < -0.3 is 9.47 Å². The van der Waals surface area contributed by atoms with Gasteiger partial charge in [0.15, 0.2) is 0 Å². The van der Waals surface area contributed by atoms with Crippen LogP contribution in [0.4, 0.5) is 0 Å².